The second-order valence-electron chi connectivity index (χ2n) is 4.73. The van der Waals surface area contributed by atoms with E-state index in [1.807, 2.05) is 0 Å². The van der Waals surface area contributed by atoms with Gasteiger partial charge >= 0.3 is 33.9 Å². The summed E-state index contributed by atoms with van der Waals surface area (Å²) in [6.07, 6.45) is -2.93. The van der Waals surface area contributed by atoms with Crippen molar-refractivity contribution in [3.05, 3.63) is 35.4 Å². The Morgan fingerprint density at radius 1 is 1.04 bits per heavy atom. The van der Waals surface area contributed by atoms with E-state index in [1.165, 1.54) is 6.92 Å². The molecule has 1 aromatic carbocycles. The zero-order chi connectivity index (χ0) is 20.6. The van der Waals surface area contributed by atoms with Gasteiger partial charge in [-0.2, -0.15) is 39.2 Å². The van der Waals surface area contributed by atoms with Gasteiger partial charge in [-0.15, -0.1) is 0 Å². The summed E-state index contributed by atoms with van der Waals surface area (Å²) in [5.41, 5.74) is -8.29. The van der Waals surface area contributed by atoms with Gasteiger partial charge in [0.2, 0.25) is 0 Å². The fraction of sp³-hybridized carbons (Fsp3) is 0.385. The number of hydrogen-bond acceptors (Lipinski definition) is 3. The number of hydrogen-bond donors (Lipinski definition) is 0. The van der Waals surface area contributed by atoms with Crippen LogP contribution in [-0.2, 0) is 16.0 Å². The molecular weight excluding hydrogens is 407 g/mol. The first-order valence-corrected chi connectivity index (χ1v) is 7.80. The molecule has 0 spiro atoms. The van der Waals surface area contributed by atoms with Gasteiger partial charge in [-0.1, -0.05) is 12.2 Å². The molecule has 0 radical (unpaired) electrons. The zero-order valence-electron chi connectivity index (χ0n) is 12.5. The second-order valence-corrected chi connectivity index (χ2v) is 6.27. The van der Waals surface area contributed by atoms with Gasteiger partial charge in [0.1, 0.15) is 5.75 Å². The molecule has 0 aliphatic carbocycles. The molecule has 1 rings (SSSR count). The SMILES string of the molecule is C/C=C\c1cc(C(F)(F)C(F)(F)C(F)F)ccc1OS(=O)(=O)C(F)(F)F. The lowest BCUT2D eigenvalue weighted by Crippen LogP contribution is -2.44. The molecule has 1 aromatic rings. The summed E-state index contributed by atoms with van der Waals surface area (Å²) in [6.45, 7) is 1.24. The van der Waals surface area contributed by atoms with E-state index < -0.39 is 50.8 Å². The van der Waals surface area contributed by atoms with E-state index in [-0.39, 0.29) is 18.2 Å². The summed E-state index contributed by atoms with van der Waals surface area (Å²) in [7, 11) is -6.17. The number of halogens is 9. The number of alkyl halides is 9. The summed E-state index contributed by atoms with van der Waals surface area (Å²) in [6, 6.07) is 0.408. The van der Waals surface area contributed by atoms with Gasteiger partial charge in [0, 0.05) is 11.1 Å². The van der Waals surface area contributed by atoms with Crippen molar-refractivity contribution in [2.75, 3.05) is 0 Å². The maximum absolute atomic E-state index is 13.7. The van der Waals surface area contributed by atoms with Crippen LogP contribution in [0.15, 0.2) is 24.3 Å². The van der Waals surface area contributed by atoms with Crippen LogP contribution in [0.3, 0.4) is 0 Å². The Labute approximate surface area is 141 Å². The Bertz CT molecular complexity index is 783. The number of benzene rings is 1. The molecule has 3 nitrogen and oxygen atoms in total. The van der Waals surface area contributed by atoms with E-state index in [4.69, 9.17) is 0 Å². The Kier molecular flexibility index (Phi) is 5.96. The van der Waals surface area contributed by atoms with Crippen molar-refractivity contribution in [1.82, 2.24) is 0 Å². The molecule has 13 heteroatoms. The first-order chi connectivity index (χ1) is 11.6. The summed E-state index contributed by atoms with van der Waals surface area (Å²) in [5, 5.41) is 0. The minimum absolute atomic E-state index is 0.0600. The van der Waals surface area contributed by atoms with Crippen LogP contribution in [0.4, 0.5) is 39.5 Å². The van der Waals surface area contributed by atoms with E-state index in [2.05, 4.69) is 4.18 Å². The second kappa shape index (κ2) is 7.00. The van der Waals surface area contributed by atoms with Crippen LogP contribution in [0.1, 0.15) is 18.1 Å². The van der Waals surface area contributed by atoms with Gasteiger partial charge in [-0.25, -0.2) is 8.78 Å². The molecule has 0 bridgehead atoms. The molecule has 0 heterocycles. The highest BCUT2D eigenvalue weighted by Gasteiger charge is 2.63. The molecule has 0 amide bonds. The summed E-state index contributed by atoms with van der Waals surface area (Å²) >= 11 is 0. The van der Waals surface area contributed by atoms with Crippen molar-refractivity contribution in [2.45, 2.75) is 30.7 Å². The lowest BCUT2D eigenvalue weighted by Gasteiger charge is -2.26. The predicted octanol–water partition coefficient (Wildman–Crippen LogP) is 4.94. The molecule has 0 aliphatic rings. The monoisotopic (exact) mass is 416 g/mol. The van der Waals surface area contributed by atoms with Gasteiger partial charge in [0.25, 0.3) is 0 Å². The summed E-state index contributed by atoms with van der Waals surface area (Å²) in [5.74, 6) is -12.3. The molecule has 0 saturated carbocycles. The van der Waals surface area contributed by atoms with Gasteiger partial charge < -0.3 is 4.18 Å². The van der Waals surface area contributed by atoms with E-state index in [0.717, 1.165) is 12.2 Å². The lowest BCUT2D eigenvalue weighted by molar-refractivity contribution is -0.270. The highest BCUT2D eigenvalue weighted by Crippen LogP contribution is 2.47. The summed E-state index contributed by atoms with van der Waals surface area (Å²) < 4.78 is 141. The highest BCUT2D eigenvalue weighted by atomic mass is 32.2. The molecule has 26 heavy (non-hydrogen) atoms. The van der Waals surface area contributed by atoms with Gasteiger partial charge in [-0.05, 0) is 25.1 Å². The molecule has 0 saturated heterocycles. The molecule has 0 aromatic heterocycles. The molecule has 0 aliphatic heterocycles. The fourth-order valence-electron chi connectivity index (χ4n) is 1.62. The molecule has 148 valence electrons. The average molecular weight is 416 g/mol. The predicted molar refractivity (Wildman–Crippen MR) is 71.6 cm³/mol. The van der Waals surface area contributed by atoms with Gasteiger partial charge in [0.05, 0.1) is 0 Å². The first kappa shape index (κ1) is 22.1. The molecule has 0 fully saturated rings. The van der Waals surface area contributed by atoms with E-state index >= 15 is 0 Å². The van der Waals surface area contributed by atoms with Crippen molar-refractivity contribution < 1.29 is 52.1 Å². The lowest BCUT2D eigenvalue weighted by atomic mass is 9.99. The van der Waals surface area contributed by atoms with Crippen LogP contribution >= 0.6 is 0 Å². The third-order valence-electron chi connectivity index (χ3n) is 2.89. The Hall–Kier alpha value is -1.92. The minimum Gasteiger partial charge on any atom is -0.375 e. The van der Waals surface area contributed by atoms with Gasteiger partial charge in [0.15, 0.2) is 0 Å². The third-order valence-corrected chi connectivity index (χ3v) is 3.86. The zero-order valence-corrected chi connectivity index (χ0v) is 13.3. The van der Waals surface area contributed by atoms with Crippen LogP contribution in [-0.4, -0.2) is 26.3 Å². The van der Waals surface area contributed by atoms with Crippen LogP contribution in [0.2, 0.25) is 0 Å². The van der Waals surface area contributed by atoms with Crippen molar-refractivity contribution >= 4 is 16.2 Å². The highest BCUT2D eigenvalue weighted by molar-refractivity contribution is 7.88. The number of allylic oxidation sites excluding steroid dienone is 1. The van der Waals surface area contributed by atoms with Crippen LogP contribution in [0.25, 0.3) is 6.08 Å². The number of rotatable bonds is 6. The van der Waals surface area contributed by atoms with Crippen molar-refractivity contribution in [3.63, 3.8) is 0 Å². The van der Waals surface area contributed by atoms with Crippen LogP contribution in [0, 0.1) is 0 Å². The Balaban J connectivity index is 3.47. The van der Waals surface area contributed by atoms with Crippen molar-refractivity contribution in [2.24, 2.45) is 0 Å². The van der Waals surface area contributed by atoms with E-state index in [0.29, 0.717) is 0 Å². The van der Waals surface area contributed by atoms with Crippen LogP contribution in [0.5, 0.6) is 5.75 Å². The quantitative estimate of drug-likeness (QED) is 0.375. The average Bonchev–Trinajstić information content (AvgIpc) is 2.47. The van der Waals surface area contributed by atoms with Crippen molar-refractivity contribution in [1.29, 1.82) is 0 Å². The van der Waals surface area contributed by atoms with Crippen LogP contribution < -0.4 is 4.18 Å². The smallest absolute Gasteiger partial charge is 0.375 e. The van der Waals surface area contributed by atoms with Gasteiger partial charge in [-0.3, -0.25) is 0 Å². The molecule has 0 N–H and O–H groups in total. The summed E-state index contributed by atoms with van der Waals surface area (Å²) in [4.78, 5) is 0. The topological polar surface area (TPSA) is 43.4 Å². The molecular formula is C13H9F9O3S. The Morgan fingerprint density at radius 2 is 1.58 bits per heavy atom. The standard InChI is InChI=1S/C13H9F9O3S/c1-2-3-7-6-8(11(16,17)12(18,19)10(14)15)4-5-9(7)25-26(23,24)13(20,21)22/h2-6,10H,1H3/b3-2-. The molecule has 0 unspecified atom stereocenters. The fourth-order valence-corrected chi connectivity index (χ4v) is 2.11. The van der Waals surface area contributed by atoms with E-state index in [1.54, 1.807) is 0 Å². The first-order valence-electron chi connectivity index (χ1n) is 6.39. The maximum Gasteiger partial charge on any atom is 0.534 e. The van der Waals surface area contributed by atoms with Crippen molar-refractivity contribution in [3.8, 4) is 5.75 Å². The Morgan fingerprint density at radius 3 is 2.00 bits per heavy atom. The van der Waals surface area contributed by atoms with E-state index in [9.17, 15) is 47.9 Å². The minimum atomic E-state index is -6.17. The third kappa shape index (κ3) is 4.07. The normalized spacial score (nSPS) is 14.3. The maximum atomic E-state index is 13.7. The largest absolute Gasteiger partial charge is 0.534 e. The molecule has 0 atom stereocenters.